The number of H-pyrrole nitrogens is 1. The molecule has 3 aromatic carbocycles. The van der Waals surface area contributed by atoms with Gasteiger partial charge < -0.3 is 29.0 Å². The highest BCUT2D eigenvalue weighted by Crippen LogP contribution is 2.28. The average Bonchev–Trinajstić information content (AvgIpc) is 3.40. The Morgan fingerprint density at radius 1 is 0.875 bits per heavy atom. The largest absolute Gasteiger partial charge is 0.497 e. The summed E-state index contributed by atoms with van der Waals surface area (Å²) in [7, 11) is 4.76. The van der Waals surface area contributed by atoms with Crippen LogP contribution in [0.5, 0.6) is 17.2 Å². The number of carbonyl (C=O) groups is 2. The fourth-order valence-electron chi connectivity index (χ4n) is 4.72. The van der Waals surface area contributed by atoms with E-state index in [1.54, 1.807) is 55.4 Å². The molecule has 0 radical (unpaired) electrons. The molecule has 0 fully saturated rings. The van der Waals surface area contributed by atoms with Crippen molar-refractivity contribution in [1.29, 1.82) is 0 Å². The van der Waals surface area contributed by atoms with Gasteiger partial charge in [0.05, 0.1) is 21.3 Å². The Morgan fingerprint density at radius 2 is 1.60 bits per heavy atom. The van der Waals surface area contributed by atoms with E-state index in [0.29, 0.717) is 42.3 Å². The van der Waals surface area contributed by atoms with E-state index in [9.17, 15) is 9.59 Å². The van der Waals surface area contributed by atoms with Gasteiger partial charge >= 0.3 is 0 Å². The van der Waals surface area contributed by atoms with Gasteiger partial charge in [0.15, 0.2) is 11.5 Å². The number of amides is 2. The fraction of sp³-hybridized carbons (Fsp3) is 0.312. The van der Waals surface area contributed by atoms with Crippen molar-refractivity contribution in [2.75, 3.05) is 34.4 Å². The third-order valence-corrected chi connectivity index (χ3v) is 7.03. The summed E-state index contributed by atoms with van der Waals surface area (Å²) in [4.78, 5) is 34.0. The quantitative estimate of drug-likeness (QED) is 0.262. The van der Waals surface area contributed by atoms with Gasteiger partial charge in [-0.25, -0.2) is 0 Å². The summed E-state index contributed by atoms with van der Waals surface area (Å²) >= 11 is 0. The van der Waals surface area contributed by atoms with Crippen LogP contribution < -0.4 is 14.2 Å². The zero-order valence-corrected chi connectivity index (χ0v) is 23.8. The molecular weight excluding hydrogens is 506 g/mol. The van der Waals surface area contributed by atoms with Crippen molar-refractivity contribution in [3.8, 4) is 17.2 Å². The van der Waals surface area contributed by atoms with E-state index in [2.05, 4.69) is 11.1 Å². The molecule has 2 amide bonds. The Bertz CT molecular complexity index is 1440. The Morgan fingerprint density at radius 3 is 2.27 bits per heavy atom. The number of para-hydroxylation sites is 1. The molecule has 0 spiro atoms. The first-order chi connectivity index (χ1) is 19.3. The van der Waals surface area contributed by atoms with E-state index in [4.69, 9.17) is 14.2 Å². The molecule has 0 aliphatic carbocycles. The standard InChI is InChI=1S/C32H37N3O5/c1-22(2)35(32(37)24-11-13-26(38-3)14-12-24)21-31(36)34(20-23-10-15-29(39-4)30(18-23)40-5)17-16-25-19-33-28-9-7-6-8-27(25)28/h6-15,18-19,22,33H,16-17,20-21H2,1-5H3. The highest BCUT2D eigenvalue weighted by Gasteiger charge is 2.25. The number of hydrogen-bond acceptors (Lipinski definition) is 5. The normalized spacial score (nSPS) is 10.9. The van der Waals surface area contributed by atoms with Crippen molar-refractivity contribution in [3.63, 3.8) is 0 Å². The monoisotopic (exact) mass is 543 g/mol. The molecule has 0 bridgehead atoms. The summed E-state index contributed by atoms with van der Waals surface area (Å²) in [5.74, 6) is 1.56. The highest BCUT2D eigenvalue weighted by atomic mass is 16.5. The first-order valence-corrected chi connectivity index (χ1v) is 13.3. The minimum atomic E-state index is -0.200. The average molecular weight is 544 g/mol. The van der Waals surface area contributed by atoms with E-state index >= 15 is 0 Å². The molecule has 4 rings (SSSR count). The number of aromatic amines is 1. The Kier molecular flexibility index (Phi) is 9.32. The van der Waals surface area contributed by atoms with Crippen LogP contribution in [0.4, 0.5) is 0 Å². The second-order valence-corrected chi connectivity index (χ2v) is 9.87. The van der Waals surface area contributed by atoms with Gasteiger partial charge in [-0.15, -0.1) is 0 Å². The minimum Gasteiger partial charge on any atom is -0.497 e. The first-order valence-electron chi connectivity index (χ1n) is 13.3. The lowest BCUT2D eigenvalue weighted by atomic mass is 10.1. The number of benzene rings is 3. The van der Waals surface area contributed by atoms with Crippen molar-refractivity contribution in [2.24, 2.45) is 0 Å². The van der Waals surface area contributed by atoms with Crippen LogP contribution in [0.1, 0.15) is 35.3 Å². The lowest BCUT2D eigenvalue weighted by Crippen LogP contribution is -2.46. The number of fused-ring (bicyclic) bond motifs is 1. The minimum absolute atomic E-state index is 0.0380. The molecule has 0 saturated heterocycles. The summed E-state index contributed by atoms with van der Waals surface area (Å²) < 4.78 is 16.1. The molecule has 0 aliphatic heterocycles. The molecular formula is C32H37N3O5. The van der Waals surface area contributed by atoms with Gasteiger partial charge in [-0.1, -0.05) is 24.3 Å². The van der Waals surface area contributed by atoms with Crippen molar-refractivity contribution in [2.45, 2.75) is 32.9 Å². The predicted octanol–water partition coefficient (Wildman–Crippen LogP) is 5.32. The van der Waals surface area contributed by atoms with Crippen LogP contribution in [-0.4, -0.2) is 67.1 Å². The molecule has 0 saturated carbocycles. The summed E-state index contributed by atoms with van der Waals surface area (Å²) in [6.07, 6.45) is 2.66. The van der Waals surface area contributed by atoms with Crippen LogP contribution in [0.15, 0.2) is 72.9 Å². The second kappa shape index (κ2) is 13.1. The Balaban J connectivity index is 1.58. The van der Waals surface area contributed by atoms with Crippen LogP contribution >= 0.6 is 0 Å². The number of methoxy groups -OCH3 is 3. The topological polar surface area (TPSA) is 84.1 Å². The maximum atomic E-state index is 13.8. The van der Waals surface area contributed by atoms with Gasteiger partial charge in [0.25, 0.3) is 5.91 Å². The summed E-state index contributed by atoms with van der Waals surface area (Å²) in [5.41, 5.74) is 3.61. The lowest BCUT2D eigenvalue weighted by molar-refractivity contribution is -0.132. The molecule has 1 N–H and O–H groups in total. The number of carbonyl (C=O) groups excluding carboxylic acids is 2. The molecule has 40 heavy (non-hydrogen) atoms. The molecule has 1 heterocycles. The van der Waals surface area contributed by atoms with E-state index < -0.39 is 0 Å². The van der Waals surface area contributed by atoms with Crippen LogP contribution in [0.25, 0.3) is 10.9 Å². The maximum absolute atomic E-state index is 13.8. The van der Waals surface area contributed by atoms with Crippen LogP contribution in [0.3, 0.4) is 0 Å². The van der Waals surface area contributed by atoms with Crippen LogP contribution in [-0.2, 0) is 17.8 Å². The molecule has 0 unspecified atom stereocenters. The Labute approximate surface area is 235 Å². The van der Waals surface area contributed by atoms with Gasteiger partial charge in [-0.3, -0.25) is 9.59 Å². The second-order valence-electron chi connectivity index (χ2n) is 9.87. The smallest absolute Gasteiger partial charge is 0.254 e. The van der Waals surface area contributed by atoms with Crippen molar-refractivity contribution in [1.82, 2.24) is 14.8 Å². The van der Waals surface area contributed by atoms with E-state index in [1.807, 2.05) is 56.4 Å². The lowest BCUT2D eigenvalue weighted by Gasteiger charge is -2.30. The molecule has 1 aromatic heterocycles. The van der Waals surface area contributed by atoms with Crippen molar-refractivity contribution in [3.05, 3.63) is 89.6 Å². The van der Waals surface area contributed by atoms with E-state index in [1.165, 1.54) is 0 Å². The number of ether oxygens (including phenoxy) is 3. The number of nitrogens with zero attached hydrogens (tertiary/aromatic N) is 2. The molecule has 8 heteroatoms. The molecule has 0 atom stereocenters. The number of aromatic nitrogens is 1. The number of hydrogen-bond donors (Lipinski definition) is 1. The highest BCUT2D eigenvalue weighted by molar-refractivity contribution is 5.96. The Hall–Kier alpha value is -4.46. The number of rotatable bonds is 12. The van der Waals surface area contributed by atoms with Crippen molar-refractivity contribution < 1.29 is 23.8 Å². The van der Waals surface area contributed by atoms with Crippen molar-refractivity contribution >= 4 is 22.7 Å². The van der Waals surface area contributed by atoms with Gasteiger partial charge in [0, 0.05) is 41.8 Å². The molecule has 8 nitrogen and oxygen atoms in total. The van der Waals surface area contributed by atoms with Gasteiger partial charge in [0.1, 0.15) is 12.3 Å². The van der Waals surface area contributed by atoms with Crippen LogP contribution in [0, 0.1) is 0 Å². The van der Waals surface area contributed by atoms with Gasteiger partial charge in [-0.2, -0.15) is 0 Å². The third-order valence-electron chi connectivity index (χ3n) is 7.03. The van der Waals surface area contributed by atoms with E-state index in [-0.39, 0.29) is 24.4 Å². The SMILES string of the molecule is COc1ccc(C(=O)N(CC(=O)N(CCc2c[nH]c3ccccc23)Cc2ccc(OC)c(OC)c2)C(C)C)cc1. The zero-order chi connectivity index (χ0) is 28.6. The van der Waals surface area contributed by atoms with E-state index in [0.717, 1.165) is 22.0 Å². The summed E-state index contributed by atoms with van der Waals surface area (Å²) in [6, 6.07) is 20.5. The van der Waals surface area contributed by atoms with Gasteiger partial charge in [-0.05, 0) is 73.9 Å². The summed E-state index contributed by atoms with van der Waals surface area (Å²) in [5, 5.41) is 1.14. The molecule has 4 aromatic rings. The van der Waals surface area contributed by atoms with Crippen LogP contribution in [0.2, 0.25) is 0 Å². The van der Waals surface area contributed by atoms with Gasteiger partial charge in [0.2, 0.25) is 5.91 Å². The fourth-order valence-corrected chi connectivity index (χ4v) is 4.72. The summed E-state index contributed by atoms with van der Waals surface area (Å²) in [6.45, 7) is 4.64. The maximum Gasteiger partial charge on any atom is 0.254 e. The third kappa shape index (κ3) is 6.57. The zero-order valence-electron chi connectivity index (χ0n) is 23.8. The predicted molar refractivity (Wildman–Crippen MR) is 156 cm³/mol. The first kappa shape index (κ1) is 28.5. The molecule has 210 valence electrons. The number of nitrogens with one attached hydrogen (secondary N) is 1. The molecule has 0 aliphatic rings.